The van der Waals surface area contributed by atoms with Crippen LogP contribution >= 0.6 is 0 Å². The highest BCUT2D eigenvalue weighted by molar-refractivity contribution is 7.84. The van der Waals surface area contributed by atoms with Crippen LogP contribution in [0.2, 0.25) is 0 Å². The van der Waals surface area contributed by atoms with Crippen molar-refractivity contribution in [1.29, 1.82) is 0 Å². The molecule has 0 aromatic carbocycles. The first-order valence-corrected chi connectivity index (χ1v) is 8.04. The van der Waals surface area contributed by atoms with Gasteiger partial charge in [-0.1, -0.05) is 19.0 Å². The van der Waals surface area contributed by atoms with E-state index in [1.54, 1.807) is 6.26 Å². The summed E-state index contributed by atoms with van der Waals surface area (Å²) < 4.78 is 11.2. The van der Waals surface area contributed by atoms with Crippen molar-refractivity contribution in [3.8, 4) is 0 Å². The van der Waals surface area contributed by atoms with Crippen LogP contribution in [0.1, 0.15) is 33.1 Å². The van der Waals surface area contributed by atoms with E-state index in [-0.39, 0.29) is 17.0 Å². The maximum absolute atomic E-state index is 12.2. The number of nitrogens with one attached hydrogen (secondary N) is 1. The van der Waals surface area contributed by atoms with Gasteiger partial charge in [-0.3, -0.25) is 9.00 Å². The predicted molar refractivity (Wildman–Crippen MR) is 75.4 cm³/mol. The molecule has 1 amide bonds. The van der Waals surface area contributed by atoms with Crippen LogP contribution in [0.5, 0.6) is 0 Å². The van der Waals surface area contributed by atoms with E-state index in [1.807, 2.05) is 13.8 Å². The van der Waals surface area contributed by atoms with Gasteiger partial charge in [-0.05, 0) is 25.2 Å². The van der Waals surface area contributed by atoms with E-state index in [0.29, 0.717) is 31.7 Å². The van der Waals surface area contributed by atoms with Gasteiger partial charge in [0.05, 0.1) is 0 Å². The molecule has 0 aliphatic heterocycles. The molecular formula is C12H23N3O3S. The fraction of sp³-hybridized carbons (Fsp3) is 0.833. The molecular weight excluding hydrogens is 266 g/mol. The van der Waals surface area contributed by atoms with Crippen LogP contribution in [0, 0.1) is 11.3 Å². The maximum Gasteiger partial charge on any atom is 0.233 e. The van der Waals surface area contributed by atoms with Gasteiger partial charge in [0.2, 0.25) is 5.91 Å². The molecule has 0 bridgehead atoms. The summed E-state index contributed by atoms with van der Waals surface area (Å²) in [4.78, 5) is 12.2. The SMILES string of the molecule is CC1CC(C(=O)NCCC(C)S(C)=O)(C(N)=NO)C1. The lowest BCUT2D eigenvalue weighted by Crippen LogP contribution is -2.57. The lowest BCUT2D eigenvalue weighted by molar-refractivity contribution is -0.133. The van der Waals surface area contributed by atoms with E-state index in [0.717, 1.165) is 0 Å². The Morgan fingerprint density at radius 3 is 2.63 bits per heavy atom. The molecule has 1 fully saturated rings. The number of nitrogens with two attached hydrogens (primary N) is 1. The molecule has 6 nitrogen and oxygen atoms in total. The molecule has 2 unspecified atom stereocenters. The van der Waals surface area contributed by atoms with Crippen LogP contribution in [0.4, 0.5) is 0 Å². The Balaban J connectivity index is 2.54. The smallest absolute Gasteiger partial charge is 0.233 e. The second-order valence-corrected chi connectivity index (χ2v) is 7.24. The molecule has 0 aromatic heterocycles. The molecule has 0 heterocycles. The van der Waals surface area contributed by atoms with Gasteiger partial charge < -0.3 is 16.3 Å². The third-order valence-electron chi connectivity index (χ3n) is 3.83. The summed E-state index contributed by atoms with van der Waals surface area (Å²) in [5.41, 5.74) is 4.79. The summed E-state index contributed by atoms with van der Waals surface area (Å²) in [6.07, 6.45) is 3.50. The van der Waals surface area contributed by atoms with E-state index >= 15 is 0 Å². The highest BCUT2D eigenvalue weighted by Crippen LogP contribution is 2.45. The molecule has 110 valence electrons. The minimum absolute atomic E-state index is 0.0183. The molecule has 1 rings (SSSR count). The zero-order valence-electron chi connectivity index (χ0n) is 11.7. The van der Waals surface area contributed by atoms with Crippen molar-refractivity contribution in [2.24, 2.45) is 22.2 Å². The van der Waals surface area contributed by atoms with Crippen molar-refractivity contribution in [2.75, 3.05) is 12.8 Å². The quantitative estimate of drug-likeness (QED) is 0.285. The summed E-state index contributed by atoms with van der Waals surface area (Å²) in [6, 6.07) is 0. The standard InChI is InChI=1S/C12H23N3O3S/c1-8-6-12(7-8,10(13)15-17)11(16)14-5-4-9(2)19(3)18/h8-9,17H,4-7H2,1-3H3,(H2,13,15)(H,14,16). The molecule has 4 N–H and O–H groups in total. The molecule has 0 aromatic rings. The van der Waals surface area contributed by atoms with Crippen LogP contribution in [-0.4, -0.2) is 39.2 Å². The predicted octanol–water partition coefficient (Wildman–Crippen LogP) is 0.422. The topological polar surface area (TPSA) is 105 Å². The first-order chi connectivity index (χ1) is 8.83. The largest absolute Gasteiger partial charge is 0.409 e. The van der Waals surface area contributed by atoms with E-state index in [4.69, 9.17) is 10.9 Å². The zero-order valence-corrected chi connectivity index (χ0v) is 12.5. The Hall–Kier alpha value is -1.11. The lowest BCUT2D eigenvalue weighted by Gasteiger charge is -2.43. The Labute approximate surface area is 116 Å². The summed E-state index contributed by atoms with van der Waals surface area (Å²) in [5.74, 6) is 0.179. The van der Waals surface area contributed by atoms with Crippen molar-refractivity contribution >= 4 is 22.5 Å². The minimum Gasteiger partial charge on any atom is -0.409 e. The Bertz CT molecular complexity index is 392. The molecule has 1 saturated carbocycles. The van der Waals surface area contributed by atoms with Crippen molar-refractivity contribution in [3.63, 3.8) is 0 Å². The Morgan fingerprint density at radius 1 is 1.63 bits per heavy atom. The normalized spacial score (nSPS) is 30.3. The summed E-state index contributed by atoms with van der Waals surface area (Å²) in [7, 11) is -0.890. The van der Waals surface area contributed by atoms with Gasteiger partial charge in [0.15, 0.2) is 5.84 Å². The molecule has 0 spiro atoms. The first-order valence-electron chi connectivity index (χ1n) is 6.42. The van der Waals surface area contributed by atoms with Crippen LogP contribution in [0.25, 0.3) is 0 Å². The number of amides is 1. The second-order valence-electron chi connectivity index (χ2n) is 5.43. The number of oxime groups is 1. The number of carbonyl (C=O) groups is 1. The molecule has 1 aliphatic carbocycles. The zero-order chi connectivity index (χ0) is 14.6. The Kier molecular flexibility index (Phi) is 5.34. The molecule has 0 saturated heterocycles. The van der Waals surface area contributed by atoms with Crippen molar-refractivity contribution in [2.45, 2.75) is 38.4 Å². The monoisotopic (exact) mass is 289 g/mol. The van der Waals surface area contributed by atoms with Gasteiger partial charge in [0, 0.05) is 28.9 Å². The summed E-state index contributed by atoms with van der Waals surface area (Å²) in [5, 5.41) is 14.6. The van der Waals surface area contributed by atoms with Crippen LogP contribution in [0.15, 0.2) is 5.16 Å². The minimum atomic E-state index is -0.890. The average Bonchev–Trinajstić information content (AvgIpc) is 2.33. The maximum atomic E-state index is 12.2. The Morgan fingerprint density at radius 2 is 2.21 bits per heavy atom. The van der Waals surface area contributed by atoms with Gasteiger partial charge in [-0.15, -0.1) is 0 Å². The molecule has 1 aliphatic rings. The second kappa shape index (κ2) is 6.36. The van der Waals surface area contributed by atoms with Gasteiger partial charge >= 0.3 is 0 Å². The number of hydrogen-bond acceptors (Lipinski definition) is 4. The first kappa shape index (κ1) is 15.9. The van der Waals surface area contributed by atoms with E-state index in [9.17, 15) is 9.00 Å². The number of hydrogen-bond donors (Lipinski definition) is 3. The van der Waals surface area contributed by atoms with E-state index in [2.05, 4.69) is 10.5 Å². The van der Waals surface area contributed by atoms with E-state index < -0.39 is 16.2 Å². The van der Waals surface area contributed by atoms with Crippen molar-refractivity contribution in [3.05, 3.63) is 0 Å². The number of amidine groups is 1. The fourth-order valence-electron chi connectivity index (χ4n) is 2.46. The molecule has 0 radical (unpaired) electrons. The summed E-state index contributed by atoms with van der Waals surface area (Å²) >= 11 is 0. The van der Waals surface area contributed by atoms with Crippen LogP contribution in [0.3, 0.4) is 0 Å². The van der Waals surface area contributed by atoms with Crippen molar-refractivity contribution < 1.29 is 14.2 Å². The lowest BCUT2D eigenvalue weighted by atomic mass is 9.61. The number of carbonyl (C=O) groups excluding carboxylic acids is 1. The van der Waals surface area contributed by atoms with Crippen LogP contribution < -0.4 is 11.1 Å². The molecule has 2 atom stereocenters. The van der Waals surface area contributed by atoms with Gasteiger partial charge in [0.25, 0.3) is 0 Å². The van der Waals surface area contributed by atoms with E-state index in [1.165, 1.54) is 0 Å². The highest BCUT2D eigenvalue weighted by atomic mass is 32.2. The third-order valence-corrected chi connectivity index (χ3v) is 5.20. The van der Waals surface area contributed by atoms with Gasteiger partial charge in [-0.2, -0.15) is 0 Å². The number of rotatable bonds is 6. The van der Waals surface area contributed by atoms with Gasteiger partial charge in [-0.25, -0.2) is 0 Å². The highest BCUT2D eigenvalue weighted by Gasteiger charge is 2.52. The third kappa shape index (κ3) is 3.46. The molecule has 7 heteroatoms. The van der Waals surface area contributed by atoms with Gasteiger partial charge in [0.1, 0.15) is 5.41 Å². The number of nitrogens with zero attached hydrogens (tertiary/aromatic N) is 1. The summed E-state index contributed by atoms with van der Waals surface area (Å²) in [6.45, 7) is 4.36. The fourth-order valence-corrected chi connectivity index (χ4v) is 2.91. The van der Waals surface area contributed by atoms with Crippen molar-refractivity contribution in [1.82, 2.24) is 5.32 Å². The molecule has 19 heavy (non-hydrogen) atoms. The van der Waals surface area contributed by atoms with Crippen LogP contribution in [-0.2, 0) is 15.6 Å². The average molecular weight is 289 g/mol.